The lowest BCUT2D eigenvalue weighted by molar-refractivity contribution is -0.142. The zero-order chi connectivity index (χ0) is 16.1. The number of hydrogen-bond donors (Lipinski definition) is 0. The van der Waals surface area contributed by atoms with Gasteiger partial charge in [-0.15, -0.1) is 0 Å². The Labute approximate surface area is 131 Å². The summed E-state index contributed by atoms with van der Waals surface area (Å²) in [5, 5.41) is 0. The molecule has 0 saturated carbocycles. The number of ether oxygens (including phenoxy) is 1. The van der Waals surface area contributed by atoms with E-state index in [4.69, 9.17) is 4.74 Å². The largest absolute Gasteiger partial charge is 0.484 e. The molecule has 0 unspecified atom stereocenters. The van der Waals surface area contributed by atoms with Gasteiger partial charge in [0.1, 0.15) is 5.75 Å². The predicted octanol–water partition coefficient (Wildman–Crippen LogP) is 1.70. The summed E-state index contributed by atoms with van der Waals surface area (Å²) < 4.78 is 5.54. The number of aryl methyl sites for hydroxylation is 1. The van der Waals surface area contributed by atoms with E-state index < -0.39 is 0 Å². The highest BCUT2D eigenvalue weighted by Crippen LogP contribution is 2.13. The lowest BCUT2D eigenvalue weighted by atomic mass is 10.1. The zero-order valence-electron chi connectivity index (χ0n) is 13.5. The summed E-state index contributed by atoms with van der Waals surface area (Å²) in [6.45, 7) is 8.19. The van der Waals surface area contributed by atoms with E-state index in [-0.39, 0.29) is 24.3 Å². The molecule has 1 aromatic rings. The Bertz CT molecular complexity index is 534. The van der Waals surface area contributed by atoms with Gasteiger partial charge >= 0.3 is 0 Å². The minimum Gasteiger partial charge on any atom is -0.484 e. The van der Waals surface area contributed by atoms with E-state index in [1.165, 1.54) is 0 Å². The number of rotatable bonds is 4. The number of piperazine rings is 1. The lowest BCUT2D eigenvalue weighted by Crippen LogP contribution is -2.52. The van der Waals surface area contributed by atoms with Crippen LogP contribution >= 0.6 is 0 Å². The van der Waals surface area contributed by atoms with Crippen molar-refractivity contribution < 1.29 is 14.3 Å². The van der Waals surface area contributed by atoms with Crippen LogP contribution in [0.2, 0.25) is 0 Å². The maximum Gasteiger partial charge on any atom is 0.260 e. The first-order valence-electron chi connectivity index (χ1n) is 7.73. The summed E-state index contributed by atoms with van der Waals surface area (Å²) in [7, 11) is 0. The van der Waals surface area contributed by atoms with Crippen LogP contribution < -0.4 is 4.74 Å². The van der Waals surface area contributed by atoms with Crippen molar-refractivity contribution in [3.05, 3.63) is 29.8 Å². The van der Waals surface area contributed by atoms with E-state index in [0.717, 1.165) is 5.56 Å². The van der Waals surface area contributed by atoms with Gasteiger partial charge in [0.2, 0.25) is 5.91 Å². The first-order chi connectivity index (χ1) is 10.5. The third kappa shape index (κ3) is 4.23. The molecule has 0 aliphatic carbocycles. The predicted molar refractivity (Wildman–Crippen MR) is 84.7 cm³/mol. The van der Waals surface area contributed by atoms with Gasteiger partial charge in [0, 0.05) is 32.1 Å². The van der Waals surface area contributed by atoms with Crippen LogP contribution in [0.15, 0.2) is 24.3 Å². The molecule has 0 radical (unpaired) electrons. The van der Waals surface area contributed by atoms with Crippen LogP contribution in [-0.2, 0) is 9.59 Å². The molecule has 1 fully saturated rings. The summed E-state index contributed by atoms with van der Waals surface area (Å²) in [5.41, 5.74) is 1.10. The van der Waals surface area contributed by atoms with Gasteiger partial charge in [-0.1, -0.05) is 26.0 Å². The van der Waals surface area contributed by atoms with Crippen molar-refractivity contribution in [2.45, 2.75) is 20.8 Å². The smallest absolute Gasteiger partial charge is 0.260 e. The van der Waals surface area contributed by atoms with Gasteiger partial charge in [-0.25, -0.2) is 0 Å². The topological polar surface area (TPSA) is 49.9 Å². The number of benzene rings is 1. The minimum absolute atomic E-state index is 0.00639. The monoisotopic (exact) mass is 304 g/mol. The molecule has 0 N–H and O–H groups in total. The molecule has 0 spiro atoms. The van der Waals surface area contributed by atoms with Crippen LogP contribution in [0.4, 0.5) is 0 Å². The molecule has 0 aromatic heterocycles. The fraction of sp³-hybridized carbons (Fsp3) is 0.529. The van der Waals surface area contributed by atoms with Gasteiger partial charge < -0.3 is 14.5 Å². The molecule has 120 valence electrons. The van der Waals surface area contributed by atoms with Crippen molar-refractivity contribution in [2.75, 3.05) is 32.8 Å². The summed E-state index contributed by atoms with van der Waals surface area (Å²) in [6, 6.07) is 7.65. The van der Waals surface area contributed by atoms with Crippen molar-refractivity contribution in [2.24, 2.45) is 5.92 Å². The van der Waals surface area contributed by atoms with Crippen LogP contribution in [0.3, 0.4) is 0 Å². The second-order valence-corrected chi connectivity index (χ2v) is 5.97. The molecule has 1 aliphatic heterocycles. The Hall–Kier alpha value is -2.04. The lowest BCUT2D eigenvalue weighted by Gasteiger charge is -2.35. The van der Waals surface area contributed by atoms with Crippen molar-refractivity contribution in [3.8, 4) is 5.75 Å². The van der Waals surface area contributed by atoms with Gasteiger partial charge in [-0.3, -0.25) is 9.59 Å². The molecule has 0 bridgehead atoms. The fourth-order valence-corrected chi connectivity index (χ4v) is 2.48. The van der Waals surface area contributed by atoms with Gasteiger partial charge in [-0.2, -0.15) is 0 Å². The van der Waals surface area contributed by atoms with E-state index in [0.29, 0.717) is 31.9 Å². The van der Waals surface area contributed by atoms with E-state index in [2.05, 4.69) is 0 Å². The van der Waals surface area contributed by atoms with Crippen LogP contribution in [0.1, 0.15) is 19.4 Å². The van der Waals surface area contributed by atoms with Crippen LogP contribution in [0.25, 0.3) is 0 Å². The average molecular weight is 304 g/mol. The fourth-order valence-electron chi connectivity index (χ4n) is 2.48. The van der Waals surface area contributed by atoms with Gasteiger partial charge in [0.15, 0.2) is 6.61 Å². The number of hydrogen-bond acceptors (Lipinski definition) is 3. The number of carbonyl (C=O) groups is 2. The molecule has 0 atom stereocenters. The number of nitrogens with zero attached hydrogens (tertiary/aromatic N) is 2. The van der Waals surface area contributed by atoms with Gasteiger partial charge in [0.25, 0.3) is 5.91 Å². The second kappa shape index (κ2) is 7.29. The molecular weight excluding hydrogens is 280 g/mol. The molecule has 5 nitrogen and oxygen atoms in total. The molecule has 2 rings (SSSR count). The Kier molecular flexibility index (Phi) is 5.41. The SMILES string of the molecule is Cc1cccc(OCC(=O)N2CCN(C(=O)C(C)C)CC2)c1. The summed E-state index contributed by atoms with van der Waals surface area (Å²) in [5.74, 6) is 0.843. The van der Waals surface area contributed by atoms with Crippen molar-refractivity contribution in [1.82, 2.24) is 9.80 Å². The molecule has 2 amide bonds. The Morgan fingerprint density at radius 2 is 1.77 bits per heavy atom. The maximum absolute atomic E-state index is 12.2. The van der Waals surface area contributed by atoms with Crippen LogP contribution in [0.5, 0.6) is 5.75 Å². The van der Waals surface area contributed by atoms with Crippen LogP contribution in [0, 0.1) is 12.8 Å². The van der Waals surface area contributed by atoms with E-state index >= 15 is 0 Å². The molecule has 22 heavy (non-hydrogen) atoms. The first-order valence-corrected chi connectivity index (χ1v) is 7.73. The normalized spacial score (nSPS) is 15.1. The standard InChI is InChI=1S/C17H24N2O3/c1-13(2)17(21)19-9-7-18(8-10-19)16(20)12-22-15-6-4-5-14(3)11-15/h4-6,11,13H,7-10,12H2,1-3H3. The van der Waals surface area contributed by atoms with E-state index in [1.54, 1.807) is 4.90 Å². The highest BCUT2D eigenvalue weighted by Gasteiger charge is 2.25. The minimum atomic E-state index is -0.0295. The third-order valence-corrected chi connectivity index (χ3v) is 3.79. The average Bonchev–Trinajstić information content (AvgIpc) is 2.52. The quantitative estimate of drug-likeness (QED) is 0.851. The molecule has 1 aliphatic rings. The third-order valence-electron chi connectivity index (χ3n) is 3.79. The van der Waals surface area contributed by atoms with Crippen molar-refractivity contribution >= 4 is 11.8 Å². The molecule has 1 saturated heterocycles. The second-order valence-electron chi connectivity index (χ2n) is 5.97. The molecule has 1 heterocycles. The molecule has 5 heteroatoms. The highest BCUT2D eigenvalue weighted by molar-refractivity contribution is 5.80. The Balaban J connectivity index is 1.79. The van der Waals surface area contributed by atoms with E-state index in [1.807, 2.05) is 49.9 Å². The van der Waals surface area contributed by atoms with E-state index in [9.17, 15) is 9.59 Å². The molecular formula is C17H24N2O3. The zero-order valence-corrected chi connectivity index (χ0v) is 13.5. The highest BCUT2D eigenvalue weighted by atomic mass is 16.5. The maximum atomic E-state index is 12.2. The number of amides is 2. The summed E-state index contributed by atoms with van der Waals surface area (Å²) >= 11 is 0. The summed E-state index contributed by atoms with van der Waals surface area (Å²) in [4.78, 5) is 27.7. The Morgan fingerprint density at radius 1 is 1.14 bits per heavy atom. The van der Waals surface area contributed by atoms with Crippen molar-refractivity contribution in [1.29, 1.82) is 0 Å². The molecule has 1 aromatic carbocycles. The first kappa shape index (κ1) is 16.3. The summed E-state index contributed by atoms with van der Waals surface area (Å²) in [6.07, 6.45) is 0. The van der Waals surface area contributed by atoms with Crippen LogP contribution in [-0.4, -0.2) is 54.4 Å². The Morgan fingerprint density at radius 3 is 2.36 bits per heavy atom. The van der Waals surface area contributed by atoms with Gasteiger partial charge in [-0.05, 0) is 24.6 Å². The van der Waals surface area contributed by atoms with Gasteiger partial charge in [0.05, 0.1) is 0 Å². The number of carbonyl (C=O) groups excluding carboxylic acids is 2. The van der Waals surface area contributed by atoms with Crippen molar-refractivity contribution in [3.63, 3.8) is 0 Å².